The summed E-state index contributed by atoms with van der Waals surface area (Å²) < 4.78 is 17.2. The summed E-state index contributed by atoms with van der Waals surface area (Å²) in [7, 11) is 1.62. The third-order valence-corrected chi connectivity index (χ3v) is 4.27. The topological polar surface area (TPSA) is 48.7 Å². The van der Waals surface area contributed by atoms with E-state index < -0.39 is 5.63 Å². The van der Waals surface area contributed by atoms with Crippen LogP contribution in [0.15, 0.2) is 56.1 Å². The van der Waals surface area contributed by atoms with Crippen molar-refractivity contribution in [3.05, 3.63) is 68.5 Å². The number of hydrogen-bond acceptors (Lipinski definition) is 4. The Kier molecular flexibility index (Phi) is 4.39. The van der Waals surface area contributed by atoms with Gasteiger partial charge in [-0.1, -0.05) is 27.6 Å². The number of methoxy groups -OCH3 is 1. The first kappa shape index (κ1) is 15.6. The molecule has 23 heavy (non-hydrogen) atoms. The van der Waals surface area contributed by atoms with E-state index in [1.54, 1.807) is 13.2 Å². The lowest BCUT2D eigenvalue weighted by Gasteiger charge is -2.11. The van der Waals surface area contributed by atoms with Crippen molar-refractivity contribution in [1.82, 2.24) is 0 Å². The lowest BCUT2D eigenvalue weighted by molar-refractivity contribution is 0.305. The number of ether oxygens (including phenoxy) is 2. The van der Waals surface area contributed by atoms with Gasteiger partial charge in [-0.05, 0) is 37.3 Å². The highest BCUT2D eigenvalue weighted by Gasteiger charge is 2.09. The molecule has 5 heteroatoms. The predicted octanol–water partition coefficient (Wildman–Crippen LogP) is 4.45. The molecule has 0 bridgehead atoms. The Labute approximate surface area is 141 Å². The molecule has 1 aromatic heterocycles. The van der Waals surface area contributed by atoms with E-state index >= 15 is 0 Å². The zero-order valence-corrected chi connectivity index (χ0v) is 14.3. The van der Waals surface area contributed by atoms with Gasteiger partial charge in [0, 0.05) is 10.0 Å². The molecule has 118 valence electrons. The number of fused-ring (bicyclic) bond motifs is 1. The highest BCUT2D eigenvalue weighted by molar-refractivity contribution is 9.10. The fraction of sp³-hybridized carbons (Fsp3) is 0.167. The van der Waals surface area contributed by atoms with Gasteiger partial charge in [-0.15, -0.1) is 0 Å². The Balaban J connectivity index is 1.96. The van der Waals surface area contributed by atoms with Crippen molar-refractivity contribution in [1.29, 1.82) is 0 Å². The third-order valence-electron chi connectivity index (χ3n) is 3.50. The molecule has 0 N–H and O–H groups in total. The second-order valence-corrected chi connectivity index (χ2v) is 6.03. The van der Waals surface area contributed by atoms with Crippen molar-refractivity contribution < 1.29 is 13.9 Å². The van der Waals surface area contributed by atoms with Crippen molar-refractivity contribution in [2.24, 2.45) is 0 Å². The van der Waals surface area contributed by atoms with Crippen LogP contribution in [0.1, 0.15) is 11.1 Å². The molecule has 1 heterocycles. The number of benzene rings is 2. The molecule has 0 aliphatic carbocycles. The Hall–Kier alpha value is -2.27. The summed E-state index contributed by atoms with van der Waals surface area (Å²) in [5, 5.41) is 0.781. The van der Waals surface area contributed by atoms with Crippen molar-refractivity contribution in [2.75, 3.05) is 7.11 Å². The highest BCUT2D eigenvalue weighted by atomic mass is 79.9. The second-order valence-electron chi connectivity index (χ2n) is 5.18. The van der Waals surface area contributed by atoms with Crippen LogP contribution in [0.4, 0.5) is 0 Å². The van der Waals surface area contributed by atoms with Gasteiger partial charge in [-0.3, -0.25) is 0 Å². The quantitative estimate of drug-likeness (QED) is 0.632. The van der Waals surface area contributed by atoms with E-state index in [4.69, 9.17) is 13.9 Å². The summed E-state index contributed by atoms with van der Waals surface area (Å²) in [6, 6.07) is 12.6. The first-order valence-electron chi connectivity index (χ1n) is 7.06. The molecule has 3 rings (SSSR count). The Morgan fingerprint density at radius 1 is 1.13 bits per heavy atom. The van der Waals surface area contributed by atoms with E-state index in [1.165, 1.54) is 6.07 Å². The van der Waals surface area contributed by atoms with E-state index in [0.717, 1.165) is 26.7 Å². The normalized spacial score (nSPS) is 10.7. The standard InChI is InChI=1S/C18H15BrO4/c1-11-3-6-16-14(7-11)17(9-18(20)23-16)22-10-12-8-13(21-2)4-5-15(12)19/h3-9H,10H2,1-2H3. The van der Waals surface area contributed by atoms with E-state index in [2.05, 4.69) is 15.9 Å². The van der Waals surface area contributed by atoms with Crippen LogP contribution >= 0.6 is 15.9 Å². The molecule has 0 saturated heterocycles. The van der Waals surface area contributed by atoms with E-state index in [0.29, 0.717) is 17.9 Å². The molecule has 0 atom stereocenters. The summed E-state index contributed by atoms with van der Waals surface area (Å²) in [6.45, 7) is 2.29. The van der Waals surface area contributed by atoms with Crippen LogP contribution < -0.4 is 15.1 Å². The third kappa shape index (κ3) is 3.40. The van der Waals surface area contributed by atoms with Gasteiger partial charge in [0.25, 0.3) is 0 Å². The Morgan fingerprint density at radius 3 is 2.74 bits per heavy atom. The van der Waals surface area contributed by atoms with Crippen LogP contribution in [0.2, 0.25) is 0 Å². The molecule has 0 fully saturated rings. The molecule has 0 saturated carbocycles. The summed E-state index contributed by atoms with van der Waals surface area (Å²) in [5.74, 6) is 1.26. The van der Waals surface area contributed by atoms with E-state index in [1.807, 2.05) is 37.3 Å². The lowest BCUT2D eigenvalue weighted by Crippen LogP contribution is -2.03. The molecule has 0 unspecified atom stereocenters. The Bertz CT molecular complexity index is 915. The second kappa shape index (κ2) is 6.46. The van der Waals surface area contributed by atoms with Crippen LogP contribution in [0.5, 0.6) is 11.5 Å². The lowest BCUT2D eigenvalue weighted by atomic mass is 10.1. The van der Waals surface area contributed by atoms with Crippen molar-refractivity contribution in [2.45, 2.75) is 13.5 Å². The van der Waals surface area contributed by atoms with Gasteiger partial charge in [0.1, 0.15) is 23.7 Å². The monoisotopic (exact) mass is 374 g/mol. The highest BCUT2D eigenvalue weighted by Crippen LogP contribution is 2.28. The van der Waals surface area contributed by atoms with Gasteiger partial charge in [0.15, 0.2) is 0 Å². The molecule has 4 nitrogen and oxygen atoms in total. The SMILES string of the molecule is COc1ccc(Br)c(COc2cc(=O)oc3ccc(C)cc23)c1. The fourth-order valence-corrected chi connectivity index (χ4v) is 2.67. The number of rotatable bonds is 4. The molecule has 0 aliphatic rings. The zero-order valence-electron chi connectivity index (χ0n) is 12.8. The minimum Gasteiger partial charge on any atom is -0.497 e. The predicted molar refractivity (Wildman–Crippen MR) is 92.2 cm³/mol. The molecule has 0 amide bonds. The first-order chi connectivity index (χ1) is 11.1. The zero-order chi connectivity index (χ0) is 16.4. The van der Waals surface area contributed by atoms with E-state index in [9.17, 15) is 4.79 Å². The molecule has 0 spiro atoms. The fourth-order valence-electron chi connectivity index (χ4n) is 2.31. The van der Waals surface area contributed by atoms with Crippen LogP contribution in [0.3, 0.4) is 0 Å². The maximum atomic E-state index is 11.7. The van der Waals surface area contributed by atoms with Gasteiger partial charge in [-0.2, -0.15) is 0 Å². The van der Waals surface area contributed by atoms with Crippen molar-refractivity contribution >= 4 is 26.9 Å². The smallest absolute Gasteiger partial charge is 0.339 e. The molecular weight excluding hydrogens is 360 g/mol. The minimum atomic E-state index is -0.430. The Morgan fingerprint density at radius 2 is 1.96 bits per heavy atom. The molecular formula is C18H15BrO4. The maximum Gasteiger partial charge on any atom is 0.339 e. The molecule has 0 radical (unpaired) electrons. The van der Waals surface area contributed by atoms with Crippen molar-refractivity contribution in [3.63, 3.8) is 0 Å². The summed E-state index contributed by atoms with van der Waals surface area (Å²) in [4.78, 5) is 11.7. The van der Waals surface area contributed by atoms with Crippen LogP contribution in [0, 0.1) is 6.92 Å². The van der Waals surface area contributed by atoms with E-state index in [-0.39, 0.29) is 0 Å². The van der Waals surface area contributed by atoms with Gasteiger partial charge in [0.05, 0.1) is 18.6 Å². The van der Waals surface area contributed by atoms with Gasteiger partial charge in [-0.25, -0.2) is 4.79 Å². The largest absolute Gasteiger partial charge is 0.497 e. The number of hydrogen-bond donors (Lipinski definition) is 0. The van der Waals surface area contributed by atoms with Crippen LogP contribution in [-0.2, 0) is 6.61 Å². The summed E-state index contributed by atoms with van der Waals surface area (Å²) >= 11 is 3.49. The molecule has 3 aromatic rings. The average Bonchev–Trinajstić information content (AvgIpc) is 2.54. The van der Waals surface area contributed by atoms with Crippen LogP contribution in [0.25, 0.3) is 11.0 Å². The minimum absolute atomic E-state index is 0.310. The summed E-state index contributed by atoms with van der Waals surface area (Å²) in [5.41, 5.74) is 2.08. The molecule has 0 aliphatic heterocycles. The van der Waals surface area contributed by atoms with Gasteiger partial charge >= 0.3 is 5.63 Å². The number of aryl methyl sites for hydroxylation is 1. The summed E-state index contributed by atoms with van der Waals surface area (Å²) in [6.07, 6.45) is 0. The van der Waals surface area contributed by atoms with Crippen LogP contribution in [-0.4, -0.2) is 7.11 Å². The van der Waals surface area contributed by atoms with Gasteiger partial charge in [0.2, 0.25) is 0 Å². The van der Waals surface area contributed by atoms with Crippen molar-refractivity contribution in [3.8, 4) is 11.5 Å². The first-order valence-corrected chi connectivity index (χ1v) is 7.86. The maximum absolute atomic E-state index is 11.7. The average molecular weight is 375 g/mol. The number of halogens is 1. The molecule has 2 aromatic carbocycles. The van der Waals surface area contributed by atoms with Gasteiger partial charge < -0.3 is 13.9 Å².